The number of amides is 3. The number of ketones is 1. The Hall–Kier alpha value is -4.07. The highest BCUT2D eigenvalue weighted by Gasteiger charge is 2.37. The second-order valence-electron chi connectivity index (χ2n) is 8.16. The van der Waals surface area contributed by atoms with Crippen LogP contribution in [0.3, 0.4) is 0 Å². The van der Waals surface area contributed by atoms with Gasteiger partial charge < -0.3 is 15.5 Å². The van der Waals surface area contributed by atoms with Crippen molar-refractivity contribution in [2.24, 2.45) is 0 Å². The number of hydrogen-bond acceptors (Lipinski definition) is 5. The number of benzene rings is 2. The lowest BCUT2D eigenvalue weighted by Crippen LogP contribution is -2.49. The Labute approximate surface area is 197 Å². The zero-order valence-corrected chi connectivity index (χ0v) is 18.7. The molecule has 34 heavy (non-hydrogen) atoms. The molecule has 0 aliphatic carbocycles. The molecule has 0 radical (unpaired) electrons. The molecule has 1 aromatic heterocycles. The molecule has 1 saturated heterocycles. The van der Waals surface area contributed by atoms with E-state index in [0.717, 1.165) is 5.56 Å². The van der Waals surface area contributed by atoms with Crippen LogP contribution in [0.5, 0.6) is 0 Å². The first-order chi connectivity index (χ1) is 16.5. The monoisotopic (exact) mass is 458 g/mol. The van der Waals surface area contributed by atoms with Crippen molar-refractivity contribution in [3.8, 4) is 0 Å². The molecule has 1 aliphatic rings. The largest absolute Gasteiger partial charge is 0.349 e. The highest BCUT2D eigenvalue weighted by atomic mass is 16.2. The van der Waals surface area contributed by atoms with Crippen LogP contribution in [0, 0.1) is 0 Å². The topological polar surface area (TPSA) is 108 Å². The minimum absolute atomic E-state index is 0.255. The molecule has 2 aromatic carbocycles. The smallest absolute Gasteiger partial charge is 0.289 e. The highest BCUT2D eigenvalue weighted by molar-refractivity contribution is 6.38. The summed E-state index contributed by atoms with van der Waals surface area (Å²) in [6.07, 6.45) is 3.22. The fraction of sp³-hybridized carbons (Fsp3) is 0.269. The van der Waals surface area contributed by atoms with Crippen LogP contribution in [0.25, 0.3) is 10.9 Å². The van der Waals surface area contributed by atoms with Gasteiger partial charge in [-0.15, -0.1) is 0 Å². The van der Waals surface area contributed by atoms with E-state index < -0.39 is 23.6 Å². The molecule has 1 aliphatic heterocycles. The Kier molecular flexibility index (Phi) is 7.27. The molecule has 4 rings (SSSR count). The van der Waals surface area contributed by atoms with Gasteiger partial charge in [0, 0.05) is 24.7 Å². The van der Waals surface area contributed by atoms with Crippen molar-refractivity contribution in [2.45, 2.75) is 25.3 Å². The molecule has 1 fully saturated rings. The number of carbonyl (C=O) groups excluding carboxylic acids is 4. The standard InChI is InChI=1S/C26H26N4O4/c31-23(17-29-25(33)20-13-15-27-21-10-5-4-9-19(20)21)30-16-6-11-22(30)24(32)26(34)28-14-12-18-7-2-1-3-8-18/h1-5,7-10,13,15,22H,6,11-12,14,16-17H2,(H,28,34)(H,29,33). The number of carbonyl (C=O) groups is 4. The van der Waals surface area contributed by atoms with Crippen LogP contribution in [0.15, 0.2) is 66.9 Å². The fourth-order valence-electron chi connectivity index (χ4n) is 4.19. The second kappa shape index (κ2) is 10.7. The molecule has 1 atom stereocenters. The summed E-state index contributed by atoms with van der Waals surface area (Å²) >= 11 is 0. The van der Waals surface area contributed by atoms with E-state index in [1.54, 1.807) is 18.3 Å². The number of likely N-dealkylation sites (tertiary alicyclic amines) is 1. The number of nitrogens with zero attached hydrogens (tertiary/aromatic N) is 2. The molecular formula is C26H26N4O4. The number of nitrogens with one attached hydrogen (secondary N) is 2. The molecular weight excluding hydrogens is 432 g/mol. The number of pyridine rings is 1. The summed E-state index contributed by atoms with van der Waals surface area (Å²) in [6.45, 7) is 0.459. The van der Waals surface area contributed by atoms with Gasteiger partial charge in [-0.2, -0.15) is 0 Å². The Balaban J connectivity index is 1.31. The van der Waals surface area contributed by atoms with E-state index >= 15 is 0 Å². The third kappa shape index (κ3) is 5.28. The van der Waals surface area contributed by atoms with E-state index in [4.69, 9.17) is 0 Å². The SMILES string of the molecule is O=C(NCCc1ccccc1)C(=O)C1CCCN1C(=O)CNC(=O)c1ccnc2ccccc12. The van der Waals surface area contributed by atoms with Gasteiger partial charge in [0.15, 0.2) is 0 Å². The fourth-order valence-corrected chi connectivity index (χ4v) is 4.19. The van der Waals surface area contributed by atoms with Gasteiger partial charge in [-0.25, -0.2) is 0 Å². The highest BCUT2D eigenvalue weighted by Crippen LogP contribution is 2.19. The number of fused-ring (bicyclic) bond motifs is 1. The molecule has 8 nitrogen and oxygen atoms in total. The quantitative estimate of drug-likeness (QED) is 0.501. The Morgan fingerprint density at radius 3 is 2.53 bits per heavy atom. The van der Waals surface area contributed by atoms with Crippen molar-refractivity contribution in [3.63, 3.8) is 0 Å². The number of Topliss-reactive ketones (excluding diaryl/α,β-unsaturated/α-hetero) is 1. The molecule has 2 N–H and O–H groups in total. The normalized spacial score (nSPS) is 15.2. The third-order valence-electron chi connectivity index (χ3n) is 5.94. The summed E-state index contributed by atoms with van der Waals surface area (Å²) in [5, 5.41) is 5.98. The molecule has 3 aromatic rings. The summed E-state index contributed by atoms with van der Waals surface area (Å²) in [5.41, 5.74) is 2.17. The zero-order chi connectivity index (χ0) is 23.9. The van der Waals surface area contributed by atoms with Gasteiger partial charge in [-0.05, 0) is 37.0 Å². The van der Waals surface area contributed by atoms with Crippen LogP contribution in [-0.4, -0.2) is 59.1 Å². The Bertz CT molecular complexity index is 1210. The maximum atomic E-state index is 12.8. The van der Waals surface area contributed by atoms with Gasteiger partial charge in [0.1, 0.15) is 6.04 Å². The van der Waals surface area contributed by atoms with Gasteiger partial charge in [0.2, 0.25) is 11.7 Å². The summed E-state index contributed by atoms with van der Waals surface area (Å²) in [4.78, 5) is 56.2. The molecule has 0 bridgehead atoms. The first-order valence-corrected chi connectivity index (χ1v) is 11.3. The van der Waals surface area contributed by atoms with Crippen LogP contribution in [0.2, 0.25) is 0 Å². The van der Waals surface area contributed by atoms with Gasteiger partial charge in [-0.3, -0.25) is 24.2 Å². The van der Waals surface area contributed by atoms with E-state index in [1.807, 2.05) is 48.5 Å². The van der Waals surface area contributed by atoms with E-state index in [1.165, 1.54) is 4.90 Å². The first kappa shape index (κ1) is 23.1. The van der Waals surface area contributed by atoms with Gasteiger partial charge in [0.25, 0.3) is 11.8 Å². The molecule has 1 unspecified atom stereocenters. The van der Waals surface area contributed by atoms with Crippen molar-refractivity contribution >= 4 is 34.4 Å². The lowest BCUT2D eigenvalue weighted by atomic mass is 10.1. The Morgan fingerprint density at radius 1 is 0.941 bits per heavy atom. The van der Waals surface area contributed by atoms with Gasteiger partial charge in [0.05, 0.1) is 17.6 Å². The number of para-hydroxylation sites is 1. The summed E-state index contributed by atoms with van der Waals surface area (Å²) < 4.78 is 0. The van der Waals surface area contributed by atoms with Gasteiger partial charge >= 0.3 is 0 Å². The third-order valence-corrected chi connectivity index (χ3v) is 5.94. The van der Waals surface area contributed by atoms with Crippen molar-refractivity contribution in [2.75, 3.05) is 19.6 Å². The minimum atomic E-state index is -0.803. The van der Waals surface area contributed by atoms with Crippen molar-refractivity contribution < 1.29 is 19.2 Å². The van der Waals surface area contributed by atoms with Crippen LogP contribution in [0.4, 0.5) is 0 Å². The van der Waals surface area contributed by atoms with Crippen LogP contribution < -0.4 is 10.6 Å². The van der Waals surface area contributed by atoms with Crippen LogP contribution >= 0.6 is 0 Å². The van der Waals surface area contributed by atoms with E-state index in [2.05, 4.69) is 15.6 Å². The van der Waals surface area contributed by atoms with Crippen molar-refractivity contribution in [1.82, 2.24) is 20.5 Å². The Morgan fingerprint density at radius 2 is 1.71 bits per heavy atom. The molecule has 2 heterocycles. The van der Waals surface area contributed by atoms with Crippen LogP contribution in [0.1, 0.15) is 28.8 Å². The molecule has 174 valence electrons. The maximum Gasteiger partial charge on any atom is 0.289 e. The predicted molar refractivity (Wildman–Crippen MR) is 127 cm³/mol. The lowest BCUT2D eigenvalue weighted by Gasteiger charge is -2.23. The molecule has 3 amide bonds. The predicted octanol–water partition coefficient (Wildman–Crippen LogP) is 1.88. The molecule has 8 heteroatoms. The minimum Gasteiger partial charge on any atom is -0.349 e. The zero-order valence-electron chi connectivity index (χ0n) is 18.7. The van der Waals surface area contributed by atoms with E-state index in [0.29, 0.717) is 48.8 Å². The van der Waals surface area contributed by atoms with Crippen molar-refractivity contribution in [1.29, 1.82) is 0 Å². The maximum absolute atomic E-state index is 12.8. The average molecular weight is 459 g/mol. The second-order valence-corrected chi connectivity index (χ2v) is 8.16. The summed E-state index contributed by atoms with van der Waals surface area (Å²) in [7, 11) is 0. The van der Waals surface area contributed by atoms with Crippen molar-refractivity contribution in [3.05, 3.63) is 78.0 Å². The number of hydrogen-bond donors (Lipinski definition) is 2. The average Bonchev–Trinajstić information content (AvgIpc) is 3.37. The molecule has 0 spiro atoms. The van der Waals surface area contributed by atoms with E-state index in [-0.39, 0.29) is 12.5 Å². The van der Waals surface area contributed by atoms with Gasteiger partial charge in [-0.1, -0.05) is 48.5 Å². The molecule has 0 saturated carbocycles. The number of rotatable bonds is 8. The van der Waals surface area contributed by atoms with Crippen LogP contribution in [-0.2, 0) is 20.8 Å². The summed E-state index contributed by atoms with van der Waals surface area (Å²) in [6, 6.07) is 17.7. The lowest BCUT2D eigenvalue weighted by molar-refractivity contribution is -0.143. The summed E-state index contributed by atoms with van der Waals surface area (Å²) in [5.74, 6) is -2.09. The first-order valence-electron chi connectivity index (χ1n) is 11.3. The number of aromatic nitrogens is 1. The van der Waals surface area contributed by atoms with E-state index in [9.17, 15) is 19.2 Å².